The molecular formula is C16H22N2O2S. The van der Waals surface area contributed by atoms with Crippen LogP contribution in [-0.2, 0) is 4.79 Å². The fraction of sp³-hybridized carbons (Fsp3) is 0.625. The van der Waals surface area contributed by atoms with E-state index < -0.39 is 0 Å². The van der Waals surface area contributed by atoms with Gasteiger partial charge < -0.3 is 9.80 Å². The highest BCUT2D eigenvalue weighted by Gasteiger charge is 2.37. The lowest BCUT2D eigenvalue weighted by molar-refractivity contribution is -0.132. The molecule has 3 rings (SSSR count). The van der Waals surface area contributed by atoms with Crippen LogP contribution in [0.1, 0.15) is 42.3 Å². The number of amides is 2. The summed E-state index contributed by atoms with van der Waals surface area (Å²) in [5.41, 5.74) is 0. The van der Waals surface area contributed by atoms with Gasteiger partial charge in [0, 0.05) is 32.6 Å². The lowest BCUT2D eigenvalue weighted by Crippen LogP contribution is -2.52. The predicted molar refractivity (Wildman–Crippen MR) is 83.4 cm³/mol. The number of nitrogens with zero attached hydrogens (tertiary/aromatic N) is 2. The van der Waals surface area contributed by atoms with E-state index in [4.69, 9.17) is 0 Å². The number of carbonyl (C=O) groups is 2. The van der Waals surface area contributed by atoms with Crippen molar-refractivity contribution in [1.82, 2.24) is 9.80 Å². The van der Waals surface area contributed by atoms with E-state index in [0.717, 1.165) is 50.2 Å². The maximum atomic E-state index is 12.5. The molecular weight excluding hydrogens is 284 g/mol. The number of hydrogen-bond donors (Lipinski definition) is 0. The maximum absolute atomic E-state index is 12.5. The summed E-state index contributed by atoms with van der Waals surface area (Å²) in [5.74, 6) is 0.779. The van der Waals surface area contributed by atoms with Crippen molar-refractivity contribution in [2.75, 3.05) is 19.6 Å². The second-order valence-electron chi connectivity index (χ2n) is 6.05. The van der Waals surface area contributed by atoms with Crippen LogP contribution in [0.15, 0.2) is 17.5 Å². The monoisotopic (exact) mass is 306 g/mol. The summed E-state index contributed by atoms with van der Waals surface area (Å²) in [5, 5.41) is 1.95. The molecule has 0 unspecified atom stereocenters. The van der Waals surface area contributed by atoms with Gasteiger partial charge in [-0.25, -0.2) is 0 Å². The van der Waals surface area contributed by atoms with Crippen LogP contribution < -0.4 is 0 Å². The highest BCUT2D eigenvalue weighted by atomic mass is 32.1. The van der Waals surface area contributed by atoms with Gasteiger partial charge in [0.1, 0.15) is 0 Å². The SMILES string of the molecule is CC(=O)N1CCCC[C@@H]2CN(C(=O)c3cccs3)CC[C@H]21. The van der Waals surface area contributed by atoms with Gasteiger partial charge in [0.15, 0.2) is 0 Å². The summed E-state index contributed by atoms with van der Waals surface area (Å²) < 4.78 is 0. The minimum atomic E-state index is 0.155. The predicted octanol–water partition coefficient (Wildman–Crippen LogP) is 2.61. The van der Waals surface area contributed by atoms with Gasteiger partial charge in [-0.05, 0) is 36.6 Å². The van der Waals surface area contributed by atoms with Crippen molar-refractivity contribution in [3.8, 4) is 0 Å². The second-order valence-corrected chi connectivity index (χ2v) is 7.00. The maximum Gasteiger partial charge on any atom is 0.263 e. The number of hydrogen-bond acceptors (Lipinski definition) is 3. The molecule has 2 amide bonds. The number of likely N-dealkylation sites (tertiary alicyclic amines) is 2. The van der Waals surface area contributed by atoms with Crippen LogP contribution in [0.5, 0.6) is 0 Å². The molecule has 21 heavy (non-hydrogen) atoms. The second kappa shape index (κ2) is 6.18. The Morgan fingerprint density at radius 3 is 2.81 bits per heavy atom. The Morgan fingerprint density at radius 1 is 1.24 bits per heavy atom. The third-order valence-corrected chi connectivity index (χ3v) is 5.60. The fourth-order valence-corrected chi connectivity index (χ4v) is 4.39. The van der Waals surface area contributed by atoms with Gasteiger partial charge in [-0.2, -0.15) is 0 Å². The first-order chi connectivity index (χ1) is 10.2. The van der Waals surface area contributed by atoms with Crippen molar-refractivity contribution in [3.05, 3.63) is 22.4 Å². The highest BCUT2D eigenvalue weighted by Crippen LogP contribution is 2.31. The summed E-state index contributed by atoms with van der Waals surface area (Å²) in [6.07, 6.45) is 4.29. The molecule has 2 aliphatic heterocycles. The van der Waals surface area contributed by atoms with Crippen LogP contribution in [0, 0.1) is 5.92 Å². The Labute approximate surface area is 129 Å². The molecule has 0 bridgehead atoms. The van der Waals surface area contributed by atoms with Crippen molar-refractivity contribution < 1.29 is 9.59 Å². The Morgan fingerprint density at radius 2 is 2.10 bits per heavy atom. The normalized spacial score (nSPS) is 26.1. The molecule has 2 saturated heterocycles. The molecule has 2 fully saturated rings. The molecule has 0 spiro atoms. The van der Waals surface area contributed by atoms with Crippen molar-refractivity contribution in [1.29, 1.82) is 0 Å². The number of thiophene rings is 1. The largest absolute Gasteiger partial charge is 0.340 e. The van der Waals surface area contributed by atoms with Crippen molar-refractivity contribution in [3.63, 3.8) is 0 Å². The van der Waals surface area contributed by atoms with Crippen LogP contribution in [0.3, 0.4) is 0 Å². The van der Waals surface area contributed by atoms with Crippen molar-refractivity contribution in [2.24, 2.45) is 5.92 Å². The molecule has 1 aromatic heterocycles. The van der Waals surface area contributed by atoms with Gasteiger partial charge in [-0.15, -0.1) is 11.3 Å². The van der Waals surface area contributed by atoms with E-state index in [2.05, 4.69) is 0 Å². The summed E-state index contributed by atoms with van der Waals surface area (Å²) in [6, 6.07) is 4.15. The first-order valence-corrected chi connectivity index (χ1v) is 8.65. The first-order valence-electron chi connectivity index (χ1n) is 7.77. The van der Waals surface area contributed by atoms with Gasteiger partial charge in [-0.3, -0.25) is 9.59 Å². The molecule has 2 aliphatic rings. The zero-order valence-corrected chi connectivity index (χ0v) is 13.3. The summed E-state index contributed by atoms with van der Waals surface area (Å²) in [6.45, 7) is 4.12. The van der Waals surface area contributed by atoms with E-state index in [1.807, 2.05) is 27.3 Å². The summed E-state index contributed by atoms with van der Waals surface area (Å²) >= 11 is 1.51. The number of carbonyl (C=O) groups excluding carboxylic acids is 2. The van der Waals surface area contributed by atoms with E-state index in [1.54, 1.807) is 6.92 Å². The average Bonchev–Trinajstić information content (AvgIpc) is 2.92. The smallest absolute Gasteiger partial charge is 0.263 e. The van der Waals surface area contributed by atoms with E-state index >= 15 is 0 Å². The van der Waals surface area contributed by atoms with Gasteiger partial charge >= 0.3 is 0 Å². The first kappa shape index (κ1) is 14.6. The third kappa shape index (κ3) is 2.98. The lowest BCUT2D eigenvalue weighted by Gasteiger charge is -2.42. The molecule has 0 aliphatic carbocycles. The van der Waals surface area contributed by atoms with E-state index in [0.29, 0.717) is 12.0 Å². The van der Waals surface area contributed by atoms with Crippen LogP contribution in [0.4, 0.5) is 0 Å². The zero-order chi connectivity index (χ0) is 14.8. The Hall–Kier alpha value is -1.36. The molecule has 3 heterocycles. The molecule has 2 atom stereocenters. The van der Waals surface area contributed by atoms with Gasteiger partial charge in [0.2, 0.25) is 5.91 Å². The summed E-state index contributed by atoms with van der Waals surface area (Å²) in [7, 11) is 0. The van der Waals surface area contributed by atoms with Crippen molar-refractivity contribution in [2.45, 2.75) is 38.6 Å². The molecule has 0 radical (unpaired) electrons. The Balaban J connectivity index is 1.72. The number of fused-ring (bicyclic) bond motifs is 1. The van der Waals surface area contributed by atoms with E-state index in [-0.39, 0.29) is 11.8 Å². The van der Waals surface area contributed by atoms with Crippen LogP contribution in [0.2, 0.25) is 0 Å². The minimum Gasteiger partial charge on any atom is -0.340 e. The quantitative estimate of drug-likeness (QED) is 0.800. The number of piperidine rings is 1. The summed E-state index contributed by atoms with van der Waals surface area (Å²) in [4.78, 5) is 29.2. The molecule has 0 aromatic carbocycles. The molecule has 1 aromatic rings. The van der Waals surface area contributed by atoms with Gasteiger partial charge in [0.05, 0.1) is 4.88 Å². The molecule has 0 N–H and O–H groups in total. The number of rotatable bonds is 1. The van der Waals surface area contributed by atoms with Crippen molar-refractivity contribution >= 4 is 23.2 Å². The average molecular weight is 306 g/mol. The molecule has 5 heteroatoms. The van der Waals surface area contributed by atoms with Crippen LogP contribution >= 0.6 is 11.3 Å². The Kier molecular flexibility index (Phi) is 4.29. The third-order valence-electron chi connectivity index (χ3n) is 4.74. The van der Waals surface area contributed by atoms with Gasteiger partial charge in [0.25, 0.3) is 5.91 Å². The van der Waals surface area contributed by atoms with Crippen LogP contribution in [-0.4, -0.2) is 47.3 Å². The molecule has 4 nitrogen and oxygen atoms in total. The van der Waals surface area contributed by atoms with Gasteiger partial charge in [-0.1, -0.05) is 12.5 Å². The van der Waals surface area contributed by atoms with E-state index in [1.165, 1.54) is 11.3 Å². The molecule has 114 valence electrons. The fourth-order valence-electron chi connectivity index (χ4n) is 3.70. The highest BCUT2D eigenvalue weighted by molar-refractivity contribution is 7.12. The standard InChI is InChI=1S/C16H22N2O2S/c1-12(19)18-8-3-2-5-13-11-17(9-7-14(13)18)16(20)15-6-4-10-21-15/h4,6,10,13-14H,2-3,5,7-9,11H2,1H3/t13-,14-/m1/s1. The topological polar surface area (TPSA) is 40.6 Å². The van der Waals surface area contributed by atoms with E-state index in [9.17, 15) is 9.59 Å². The Bertz CT molecular complexity index is 514. The molecule has 0 saturated carbocycles. The minimum absolute atomic E-state index is 0.155. The zero-order valence-electron chi connectivity index (χ0n) is 12.5. The van der Waals surface area contributed by atoms with Crippen LogP contribution in [0.25, 0.3) is 0 Å². The lowest BCUT2D eigenvalue weighted by atomic mass is 9.88.